The Morgan fingerprint density at radius 2 is 2.29 bits per heavy atom. The monoisotopic (exact) mass is 116 g/mol. The summed E-state index contributed by atoms with van der Waals surface area (Å²) in [5.41, 5.74) is 0. The molecule has 1 rings (SSSR count). The second-order valence-electron chi connectivity index (χ2n) is 2.07. The van der Waals surface area contributed by atoms with Gasteiger partial charge in [0, 0.05) is 6.61 Å². The van der Waals surface area contributed by atoms with Gasteiger partial charge in [-0.2, -0.15) is 0 Å². The van der Waals surface area contributed by atoms with Crippen LogP contribution in [0.4, 0.5) is 0 Å². The Hall–Kier alpha value is 0.177. The molecular formula is C5H12OSi. The summed E-state index contributed by atoms with van der Waals surface area (Å²) < 4.78 is 5.44. The fourth-order valence-electron chi connectivity index (χ4n) is 0.519. The van der Waals surface area contributed by atoms with Gasteiger partial charge >= 0.3 is 0 Å². The highest BCUT2D eigenvalue weighted by Gasteiger charge is 2.24. The third kappa shape index (κ3) is 2.09. The summed E-state index contributed by atoms with van der Waals surface area (Å²) in [5.74, 6) is 0. The Bertz CT molecular complexity index is 52.0. The molecule has 0 aromatic carbocycles. The van der Waals surface area contributed by atoms with Crippen molar-refractivity contribution in [1.82, 2.24) is 0 Å². The lowest BCUT2D eigenvalue weighted by Gasteiger charge is -1.93. The molecule has 2 heteroatoms. The van der Waals surface area contributed by atoms with Crippen LogP contribution in [-0.4, -0.2) is 15.6 Å². The molecular weight excluding hydrogens is 104 g/mol. The van der Waals surface area contributed by atoms with E-state index >= 15 is 0 Å². The highest BCUT2D eigenvalue weighted by molar-refractivity contribution is 6.63. The Morgan fingerprint density at radius 3 is 2.71 bits per heavy atom. The van der Waals surface area contributed by atoms with Crippen molar-refractivity contribution in [1.29, 1.82) is 0 Å². The molecule has 1 heterocycles. The van der Waals surface area contributed by atoms with Gasteiger partial charge in [-0.3, -0.25) is 0 Å². The lowest BCUT2D eigenvalue weighted by molar-refractivity contribution is 0.333. The second-order valence-corrected chi connectivity index (χ2v) is 4.80. The molecule has 1 fully saturated rings. The van der Waals surface area contributed by atoms with Crippen LogP contribution in [0.25, 0.3) is 0 Å². The van der Waals surface area contributed by atoms with Crippen molar-refractivity contribution in [3.8, 4) is 0 Å². The zero-order valence-electron chi connectivity index (χ0n) is 4.81. The SMILES string of the molecule is CCCO[SiH]1CC1. The van der Waals surface area contributed by atoms with E-state index in [9.17, 15) is 0 Å². The van der Waals surface area contributed by atoms with E-state index in [0.29, 0.717) is 0 Å². The molecule has 0 atom stereocenters. The summed E-state index contributed by atoms with van der Waals surface area (Å²) in [6.07, 6.45) is 1.20. The van der Waals surface area contributed by atoms with Crippen LogP contribution in [0.15, 0.2) is 0 Å². The quantitative estimate of drug-likeness (QED) is 0.503. The first-order chi connectivity index (χ1) is 3.43. The van der Waals surface area contributed by atoms with Crippen LogP contribution < -0.4 is 0 Å². The van der Waals surface area contributed by atoms with Crippen molar-refractivity contribution < 1.29 is 4.43 Å². The minimum Gasteiger partial charge on any atom is -0.420 e. The molecule has 7 heavy (non-hydrogen) atoms. The maximum atomic E-state index is 5.44. The van der Waals surface area contributed by atoms with E-state index in [4.69, 9.17) is 4.43 Å². The molecule has 1 saturated heterocycles. The van der Waals surface area contributed by atoms with E-state index in [0.717, 1.165) is 6.61 Å². The maximum Gasteiger partial charge on any atom is 0.176 e. The zero-order valence-corrected chi connectivity index (χ0v) is 5.97. The normalized spacial score (nSPS) is 20.1. The molecule has 0 aliphatic carbocycles. The average molecular weight is 116 g/mol. The standard InChI is InChI=1S/C5H12OSi/c1-2-3-6-7-4-5-7/h7H,2-5H2,1H3. The molecule has 1 aliphatic heterocycles. The van der Waals surface area contributed by atoms with Gasteiger partial charge in [-0.1, -0.05) is 6.92 Å². The molecule has 42 valence electrons. The van der Waals surface area contributed by atoms with Crippen molar-refractivity contribution in [2.24, 2.45) is 0 Å². The fourth-order valence-corrected chi connectivity index (χ4v) is 1.97. The van der Waals surface area contributed by atoms with Gasteiger partial charge in [-0.05, 0) is 18.5 Å². The Labute approximate surface area is 46.4 Å². The maximum absolute atomic E-state index is 5.44. The summed E-state index contributed by atoms with van der Waals surface area (Å²) in [6.45, 7) is 3.19. The van der Waals surface area contributed by atoms with Gasteiger partial charge in [0.2, 0.25) is 0 Å². The molecule has 1 aliphatic rings. The molecule has 0 spiro atoms. The van der Waals surface area contributed by atoms with Crippen molar-refractivity contribution in [3.63, 3.8) is 0 Å². The molecule has 0 radical (unpaired) electrons. The summed E-state index contributed by atoms with van der Waals surface area (Å²) in [6, 6.07) is 2.89. The highest BCUT2D eigenvalue weighted by atomic mass is 28.3. The average Bonchev–Trinajstić information content (AvgIpc) is 2.42. The van der Waals surface area contributed by atoms with Crippen LogP contribution in [0.5, 0.6) is 0 Å². The lowest BCUT2D eigenvalue weighted by atomic mass is 10.5. The molecule has 0 amide bonds. The Kier molecular flexibility index (Phi) is 1.88. The van der Waals surface area contributed by atoms with Gasteiger partial charge in [0.1, 0.15) is 0 Å². The molecule has 0 bridgehead atoms. The first-order valence-corrected chi connectivity index (χ1v) is 5.15. The number of hydrogen-bond acceptors (Lipinski definition) is 1. The predicted molar refractivity (Wildman–Crippen MR) is 33.0 cm³/mol. The molecule has 0 aromatic rings. The van der Waals surface area contributed by atoms with Crippen molar-refractivity contribution >= 4 is 9.04 Å². The van der Waals surface area contributed by atoms with Gasteiger partial charge in [0.25, 0.3) is 0 Å². The van der Waals surface area contributed by atoms with Crippen molar-refractivity contribution in [2.45, 2.75) is 25.4 Å². The summed E-state index contributed by atoms with van der Waals surface area (Å²) in [7, 11) is -0.438. The van der Waals surface area contributed by atoms with Crippen LogP contribution in [-0.2, 0) is 4.43 Å². The van der Waals surface area contributed by atoms with Crippen LogP contribution in [0.2, 0.25) is 12.1 Å². The van der Waals surface area contributed by atoms with Crippen molar-refractivity contribution in [3.05, 3.63) is 0 Å². The molecule has 0 N–H and O–H groups in total. The van der Waals surface area contributed by atoms with E-state index in [1.165, 1.54) is 18.5 Å². The molecule has 1 nitrogen and oxygen atoms in total. The number of rotatable bonds is 3. The van der Waals surface area contributed by atoms with E-state index < -0.39 is 9.04 Å². The molecule has 0 aromatic heterocycles. The van der Waals surface area contributed by atoms with E-state index in [-0.39, 0.29) is 0 Å². The first kappa shape index (κ1) is 5.32. The predicted octanol–water partition coefficient (Wildman–Crippen LogP) is 1.15. The third-order valence-electron chi connectivity index (χ3n) is 1.08. The summed E-state index contributed by atoms with van der Waals surface area (Å²) in [5, 5.41) is 0. The summed E-state index contributed by atoms with van der Waals surface area (Å²) in [4.78, 5) is 0. The zero-order chi connectivity index (χ0) is 5.11. The fraction of sp³-hybridized carbons (Fsp3) is 1.00. The van der Waals surface area contributed by atoms with Gasteiger partial charge in [0.05, 0.1) is 0 Å². The van der Waals surface area contributed by atoms with Crippen LogP contribution in [0.3, 0.4) is 0 Å². The van der Waals surface area contributed by atoms with Gasteiger partial charge in [-0.25, -0.2) is 0 Å². The van der Waals surface area contributed by atoms with Crippen LogP contribution in [0, 0.1) is 0 Å². The van der Waals surface area contributed by atoms with Gasteiger partial charge in [0.15, 0.2) is 9.04 Å². The van der Waals surface area contributed by atoms with E-state index in [2.05, 4.69) is 6.92 Å². The smallest absolute Gasteiger partial charge is 0.176 e. The minimum absolute atomic E-state index is 0.438. The second kappa shape index (κ2) is 2.48. The molecule has 0 unspecified atom stereocenters. The summed E-state index contributed by atoms with van der Waals surface area (Å²) >= 11 is 0. The highest BCUT2D eigenvalue weighted by Crippen LogP contribution is 2.21. The Balaban J connectivity index is 1.80. The van der Waals surface area contributed by atoms with Gasteiger partial charge < -0.3 is 4.43 Å². The Morgan fingerprint density at radius 1 is 1.57 bits per heavy atom. The van der Waals surface area contributed by atoms with E-state index in [1.54, 1.807) is 0 Å². The van der Waals surface area contributed by atoms with Crippen LogP contribution >= 0.6 is 0 Å². The topological polar surface area (TPSA) is 9.23 Å². The van der Waals surface area contributed by atoms with Crippen molar-refractivity contribution in [2.75, 3.05) is 6.61 Å². The third-order valence-corrected chi connectivity index (χ3v) is 2.84. The van der Waals surface area contributed by atoms with E-state index in [1.807, 2.05) is 0 Å². The minimum atomic E-state index is -0.438. The molecule has 0 saturated carbocycles. The largest absolute Gasteiger partial charge is 0.420 e. The lowest BCUT2D eigenvalue weighted by Crippen LogP contribution is -1.97. The first-order valence-electron chi connectivity index (χ1n) is 3.05. The number of hydrogen-bond donors (Lipinski definition) is 0. The van der Waals surface area contributed by atoms with Gasteiger partial charge in [-0.15, -0.1) is 0 Å². The van der Waals surface area contributed by atoms with Crippen LogP contribution in [0.1, 0.15) is 13.3 Å².